The summed E-state index contributed by atoms with van der Waals surface area (Å²) in [7, 11) is 0. The lowest BCUT2D eigenvalue weighted by molar-refractivity contribution is -0.434. The molecule has 0 spiro atoms. The molecule has 72 heavy (non-hydrogen) atoms. The minimum absolute atomic E-state index is 0.134. The number of ether oxygens (including phenoxy) is 12. The molecule has 0 saturated heterocycles. The van der Waals surface area contributed by atoms with E-state index in [0.29, 0.717) is 0 Å². The highest BCUT2D eigenvalue weighted by atomic mass is 19.3. The second kappa shape index (κ2) is 33.7. The first-order chi connectivity index (χ1) is 33.0. The van der Waals surface area contributed by atoms with Gasteiger partial charge in [-0.1, -0.05) is 12.2 Å². The summed E-state index contributed by atoms with van der Waals surface area (Å²) in [6.45, 7) is -3.04. The summed E-state index contributed by atoms with van der Waals surface area (Å²) < 4.78 is 274. The molecule has 0 saturated carbocycles. The average molecular weight is 1100 g/mol. The highest BCUT2D eigenvalue weighted by Crippen LogP contribution is 2.42. The molecule has 0 fully saturated rings. The van der Waals surface area contributed by atoms with Gasteiger partial charge in [-0.25, -0.2) is 0 Å². The van der Waals surface area contributed by atoms with Crippen LogP contribution in [0.3, 0.4) is 0 Å². The standard InChI is InChI=1S/C39H60F16O17/c1-3-9-61-15-28(57)21-67-23-30(59)19-65-13-7-34(44,45)71-38(52,53)25-36(48,49)69-32(40,41)5-11-63-17-27(56)18-64-12-6-33(42,43)70-37(50,51)26-39(54,55)72-35(46,47)8-14-66-20-31(60)24-68-22-29(58)16-62-10-4-2/h3-4,27-31,56-60H,1-2,5-26H2. The van der Waals surface area contributed by atoms with Gasteiger partial charge in [0.2, 0.25) is 0 Å². The fourth-order valence-electron chi connectivity index (χ4n) is 4.84. The van der Waals surface area contributed by atoms with Crippen molar-refractivity contribution in [1.82, 2.24) is 0 Å². The number of halogens is 16. The number of hydrogen-bond donors (Lipinski definition) is 5. The third kappa shape index (κ3) is 39.1. The van der Waals surface area contributed by atoms with Gasteiger partial charge in [-0.15, -0.1) is 13.2 Å². The van der Waals surface area contributed by atoms with E-state index in [1.54, 1.807) is 0 Å². The van der Waals surface area contributed by atoms with Crippen molar-refractivity contribution in [3.8, 4) is 0 Å². The molecule has 0 bridgehead atoms. The molecule has 0 amide bonds. The van der Waals surface area contributed by atoms with Crippen molar-refractivity contribution >= 4 is 0 Å². The van der Waals surface area contributed by atoms with Gasteiger partial charge in [-0.3, -0.25) is 18.9 Å². The number of aliphatic hydroxyl groups excluding tert-OH is 5. The van der Waals surface area contributed by atoms with Crippen molar-refractivity contribution in [3.05, 3.63) is 25.3 Å². The maximum atomic E-state index is 14.0. The van der Waals surface area contributed by atoms with Gasteiger partial charge in [-0.2, -0.15) is 70.2 Å². The molecule has 430 valence electrons. The van der Waals surface area contributed by atoms with Crippen molar-refractivity contribution < 1.29 is 153 Å². The summed E-state index contributed by atoms with van der Waals surface area (Å²) in [5, 5.41) is 48.3. The first kappa shape index (κ1) is 69.7. The summed E-state index contributed by atoms with van der Waals surface area (Å²) in [5.74, 6) is 0. The summed E-state index contributed by atoms with van der Waals surface area (Å²) in [6, 6.07) is 0. The molecule has 5 N–H and O–H groups in total. The monoisotopic (exact) mass is 1100 g/mol. The van der Waals surface area contributed by atoms with Crippen LogP contribution in [0.25, 0.3) is 0 Å². The van der Waals surface area contributed by atoms with Crippen LogP contribution >= 0.6 is 0 Å². The Hall–Kier alpha value is -2.32. The Balaban J connectivity index is 4.57. The van der Waals surface area contributed by atoms with Gasteiger partial charge in [0.25, 0.3) is 0 Å². The van der Waals surface area contributed by atoms with Crippen LogP contribution in [0, 0.1) is 0 Å². The Morgan fingerprint density at radius 3 is 0.667 bits per heavy atom. The first-order valence-corrected chi connectivity index (χ1v) is 21.1. The maximum Gasteiger partial charge on any atom is 0.368 e. The first-order valence-electron chi connectivity index (χ1n) is 21.1. The van der Waals surface area contributed by atoms with Gasteiger partial charge < -0.3 is 63.4 Å². The molecule has 4 unspecified atom stereocenters. The third-order valence-electron chi connectivity index (χ3n) is 7.74. The van der Waals surface area contributed by atoms with Gasteiger partial charge in [-0.05, 0) is 0 Å². The second-order valence-electron chi connectivity index (χ2n) is 15.2. The molecule has 0 aliphatic rings. The van der Waals surface area contributed by atoms with E-state index in [-0.39, 0.29) is 39.6 Å². The molecule has 17 nitrogen and oxygen atoms in total. The van der Waals surface area contributed by atoms with E-state index < -0.39 is 184 Å². The molecule has 0 aliphatic heterocycles. The van der Waals surface area contributed by atoms with Crippen LogP contribution in [0.2, 0.25) is 0 Å². The SMILES string of the molecule is C=CCOCC(O)COCC(O)COCCC(F)(F)OC(F)(F)CC(F)(F)OC(F)(F)CCOCC(O)COCCC(F)(F)OC(F)(F)CC(F)(F)OC(F)(F)CCOCC(O)COCC(O)COCC=C. The Morgan fingerprint density at radius 1 is 0.292 bits per heavy atom. The fourth-order valence-corrected chi connectivity index (χ4v) is 4.84. The maximum absolute atomic E-state index is 14.0. The van der Waals surface area contributed by atoms with Crippen molar-refractivity contribution in [3.63, 3.8) is 0 Å². The van der Waals surface area contributed by atoms with E-state index in [1.165, 1.54) is 12.2 Å². The quantitative estimate of drug-likeness (QED) is 0.0292. The van der Waals surface area contributed by atoms with Crippen molar-refractivity contribution in [2.75, 3.05) is 106 Å². The molecule has 4 atom stereocenters. The van der Waals surface area contributed by atoms with Crippen LogP contribution < -0.4 is 0 Å². The van der Waals surface area contributed by atoms with Crippen LogP contribution in [0.1, 0.15) is 38.5 Å². The Kier molecular flexibility index (Phi) is 32.6. The Bertz CT molecular complexity index is 1340. The predicted octanol–water partition coefficient (Wildman–Crippen LogP) is 5.45. The summed E-state index contributed by atoms with van der Waals surface area (Å²) in [4.78, 5) is 0. The van der Waals surface area contributed by atoms with Crippen molar-refractivity contribution in [1.29, 1.82) is 0 Å². The number of aliphatic hydroxyl groups is 5. The van der Waals surface area contributed by atoms with Gasteiger partial charge in [0, 0.05) is 0 Å². The molecular formula is C39H60F16O17. The van der Waals surface area contributed by atoms with E-state index in [9.17, 15) is 95.8 Å². The predicted molar refractivity (Wildman–Crippen MR) is 209 cm³/mol. The van der Waals surface area contributed by atoms with E-state index in [1.807, 2.05) is 0 Å². The minimum atomic E-state index is -5.53. The van der Waals surface area contributed by atoms with E-state index in [2.05, 4.69) is 51.1 Å². The Morgan fingerprint density at radius 2 is 0.472 bits per heavy atom. The number of rotatable bonds is 48. The molecule has 0 heterocycles. The van der Waals surface area contributed by atoms with E-state index >= 15 is 0 Å². The smallest absolute Gasteiger partial charge is 0.368 e. The van der Waals surface area contributed by atoms with E-state index in [4.69, 9.17) is 18.9 Å². The van der Waals surface area contributed by atoms with Crippen LogP contribution in [-0.4, -0.2) is 211 Å². The van der Waals surface area contributed by atoms with E-state index in [0.717, 1.165) is 0 Å². The second-order valence-corrected chi connectivity index (χ2v) is 15.2. The van der Waals surface area contributed by atoms with Crippen molar-refractivity contribution in [2.45, 2.75) is 118 Å². The molecule has 0 aromatic rings. The minimum Gasteiger partial charge on any atom is -0.388 e. The fraction of sp³-hybridized carbons (Fsp3) is 0.897. The highest BCUT2D eigenvalue weighted by molar-refractivity contribution is 4.71. The topological polar surface area (TPSA) is 212 Å². The summed E-state index contributed by atoms with van der Waals surface area (Å²) >= 11 is 0. The zero-order valence-electron chi connectivity index (χ0n) is 38.2. The highest BCUT2D eigenvalue weighted by Gasteiger charge is 2.56. The van der Waals surface area contributed by atoms with Gasteiger partial charge in [0.05, 0.1) is 131 Å². The number of alkyl halides is 16. The van der Waals surface area contributed by atoms with Crippen LogP contribution in [-0.2, 0) is 56.8 Å². The zero-order chi connectivity index (χ0) is 55.3. The van der Waals surface area contributed by atoms with Crippen molar-refractivity contribution in [2.24, 2.45) is 0 Å². The summed E-state index contributed by atoms with van der Waals surface area (Å²) in [6.07, 6.45) is -59.4. The largest absolute Gasteiger partial charge is 0.388 e. The van der Waals surface area contributed by atoms with Gasteiger partial charge in [0.1, 0.15) is 43.4 Å². The summed E-state index contributed by atoms with van der Waals surface area (Å²) in [5.41, 5.74) is 0. The molecule has 0 radical (unpaired) electrons. The third-order valence-corrected chi connectivity index (χ3v) is 7.74. The molecule has 0 aromatic heterocycles. The molecule has 0 aromatic carbocycles. The average Bonchev–Trinajstić information content (AvgIpc) is 3.19. The van der Waals surface area contributed by atoms with Crippen LogP contribution in [0.15, 0.2) is 25.3 Å². The van der Waals surface area contributed by atoms with Gasteiger partial charge in [0.15, 0.2) is 0 Å². The molecule has 33 heteroatoms. The Labute approximate surface area is 401 Å². The zero-order valence-corrected chi connectivity index (χ0v) is 38.2. The van der Waals surface area contributed by atoms with Gasteiger partial charge >= 0.3 is 48.9 Å². The lowest BCUT2D eigenvalue weighted by Crippen LogP contribution is -2.42. The van der Waals surface area contributed by atoms with Crippen LogP contribution in [0.5, 0.6) is 0 Å². The lowest BCUT2D eigenvalue weighted by atomic mass is 10.3. The molecule has 0 aliphatic carbocycles. The lowest BCUT2D eigenvalue weighted by Gasteiger charge is -2.28. The van der Waals surface area contributed by atoms with Crippen LogP contribution in [0.4, 0.5) is 70.2 Å². The number of hydrogen-bond acceptors (Lipinski definition) is 17. The molecular weight excluding hydrogens is 1040 g/mol. The molecule has 0 rings (SSSR count). The normalized spacial score (nSPS) is 15.9.